The van der Waals surface area contributed by atoms with E-state index in [1.54, 1.807) is 43.5 Å². The monoisotopic (exact) mass is 561 g/mol. The van der Waals surface area contributed by atoms with Crippen molar-refractivity contribution in [1.82, 2.24) is 10.2 Å². The number of ether oxygens (including phenoxy) is 1. The van der Waals surface area contributed by atoms with Crippen LogP contribution in [0, 0.1) is 13.8 Å². The van der Waals surface area contributed by atoms with Crippen LogP contribution in [0.1, 0.15) is 63.8 Å². The lowest BCUT2D eigenvalue weighted by Gasteiger charge is -2.37. The molecule has 2 aromatic rings. The molecule has 0 bridgehead atoms. The SMILES string of the molecule is CSCCC(NC(=O)OC(C)(C)C)C(=O)N(C(C)C)C(C(=O)Nc1c(C)cccc1Cl)c1ccccc1C. The molecule has 0 heterocycles. The highest BCUT2D eigenvalue weighted by atomic mass is 35.5. The Morgan fingerprint density at radius 2 is 1.66 bits per heavy atom. The largest absolute Gasteiger partial charge is 0.444 e. The molecule has 0 saturated carbocycles. The molecule has 0 fully saturated rings. The third-order valence-electron chi connectivity index (χ3n) is 5.89. The molecule has 2 atom stereocenters. The van der Waals surface area contributed by atoms with E-state index in [9.17, 15) is 14.4 Å². The third-order valence-corrected chi connectivity index (χ3v) is 6.85. The Morgan fingerprint density at radius 3 is 2.21 bits per heavy atom. The maximum atomic E-state index is 14.1. The summed E-state index contributed by atoms with van der Waals surface area (Å²) in [6.45, 7) is 12.8. The van der Waals surface area contributed by atoms with Crippen LogP contribution in [0.25, 0.3) is 0 Å². The Bertz CT molecular complexity index is 1110. The second kappa shape index (κ2) is 13.9. The van der Waals surface area contributed by atoms with Crippen LogP contribution in [-0.2, 0) is 14.3 Å². The first-order valence-electron chi connectivity index (χ1n) is 12.7. The summed E-state index contributed by atoms with van der Waals surface area (Å²) in [5.74, 6) is -0.115. The molecule has 2 N–H and O–H groups in total. The van der Waals surface area contributed by atoms with E-state index in [1.165, 1.54) is 0 Å². The first-order valence-corrected chi connectivity index (χ1v) is 14.5. The fraction of sp³-hybridized carbons (Fsp3) is 0.483. The second-order valence-electron chi connectivity index (χ2n) is 10.5. The summed E-state index contributed by atoms with van der Waals surface area (Å²) >= 11 is 7.99. The summed E-state index contributed by atoms with van der Waals surface area (Å²) in [5, 5.41) is 6.13. The standard InChI is InChI=1S/C29H40ClN3O4S/c1-18(2)33(27(35)23(16-17-38-8)31-28(36)37-29(5,6)7)25(21-14-10-9-12-19(21)3)26(34)32-24-20(4)13-11-15-22(24)30/h9-15,18,23,25H,16-17H2,1-8H3,(H,31,36)(H,32,34). The molecule has 0 radical (unpaired) electrons. The minimum atomic E-state index is -0.961. The molecule has 0 aromatic heterocycles. The van der Waals surface area contributed by atoms with E-state index in [0.29, 0.717) is 28.4 Å². The summed E-state index contributed by atoms with van der Waals surface area (Å²) in [7, 11) is 0. The molecular weight excluding hydrogens is 522 g/mol. The van der Waals surface area contributed by atoms with Crippen molar-refractivity contribution in [1.29, 1.82) is 0 Å². The van der Waals surface area contributed by atoms with Crippen LogP contribution in [0.15, 0.2) is 42.5 Å². The number of carbonyl (C=O) groups excluding carboxylic acids is 3. The van der Waals surface area contributed by atoms with Crippen LogP contribution < -0.4 is 10.6 Å². The van der Waals surface area contributed by atoms with Gasteiger partial charge in [-0.3, -0.25) is 9.59 Å². The predicted molar refractivity (Wildman–Crippen MR) is 157 cm³/mol. The van der Waals surface area contributed by atoms with Gasteiger partial charge >= 0.3 is 6.09 Å². The van der Waals surface area contributed by atoms with Gasteiger partial charge in [-0.25, -0.2) is 4.79 Å². The van der Waals surface area contributed by atoms with Crippen LogP contribution in [-0.4, -0.2) is 52.5 Å². The van der Waals surface area contributed by atoms with Crippen molar-refractivity contribution in [3.63, 3.8) is 0 Å². The average molecular weight is 562 g/mol. The second-order valence-corrected chi connectivity index (χ2v) is 11.9. The van der Waals surface area contributed by atoms with Gasteiger partial charge in [-0.1, -0.05) is 48.0 Å². The number of carbonyl (C=O) groups is 3. The van der Waals surface area contributed by atoms with E-state index >= 15 is 0 Å². The van der Waals surface area contributed by atoms with Gasteiger partial charge in [-0.05, 0) is 89.7 Å². The van der Waals surface area contributed by atoms with Crippen LogP contribution >= 0.6 is 23.4 Å². The summed E-state index contributed by atoms with van der Waals surface area (Å²) < 4.78 is 5.43. The van der Waals surface area contributed by atoms with E-state index in [2.05, 4.69) is 10.6 Å². The Kier molecular flexibility index (Phi) is 11.5. The first-order chi connectivity index (χ1) is 17.8. The lowest BCUT2D eigenvalue weighted by molar-refractivity contribution is -0.143. The molecule has 2 rings (SSSR count). The van der Waals surface area contributed by atoms with Crippen LogP contribution in [0.4, 0.5) is 10.5 Å². The lowest BCUT2D eigenvalue weighted by Crippen LogP contribution is -2.54. The number of amides is 3. The number of halogens is 1. The maximum absolute atomic E-state index is 14.1. The summed E-state index contributed by atoms with van der Waals surface area (Å²) in [6.07, 6.45) is 1.64. The van der Waals surface area contributed by atoms with Gasteiger partial charge in [0.15, 0.2) is 0 Å². The van der Waals surface area contributed by atoms with Crippen molar-refractivity contribution in [2.45, 2.75) is 78.6 Å². The molecular formula is C29H40ClN3O4S. The highest BCUT2D eigenvalue weighted by Crippen LogP contribution is 2.31. The van der Waals surface area contributed by atoms with Gasteiger partial charge in [-0.15, -0.1) is 0 Å². The number of rotatable bonds is 10. The molecule has 2 aromatic carbocycles. The number of hydrogen-bond acceptors (Lipinski definition) is 5. The molecule has 208 valence electrons. The Labute approximate surface area is 236 Å². The molecule has 0 aliphatic rings. The van der Waals surface area contributed by atoms with Crippen LogP contribution in [0.5, 0.6) is 0 Å². The quantitative estimate of drug-likeness (QED) is 0.345. The number of nitrogens with one attached hydrogen (secondary N) is 2. The van der Waals surface area contributed by atoms with Crippen molar-refractivity contribution in [3.8, 4) is 0 Å². The van der Waals surface area contributed by atoms with Crippen LogP contribution in [0.3, 0.4) is 0 Å². The number of thioether (sulfide) groups is 1. The maximum Gasteiger partial charge on any atom is 0.408 e. The van der Waals surface area contributed by atoms with Gasteiger partial charge in [0.1, 0.15) is 17.7 Å². The molecule has 0 saturated heterocycles. The van der Waals surface area contributed by atoms with Gasteiger partial charge in [0.05, 0.1) is 10.7 Å². The smallest absolute Gasteiger partial charge is 0.408 e. The van der Waals surface area contributed by atoms with Gasteiger partial charge in [0.25, 0.3) is 5.91 Å². The molecule has 7 nitrogen and oxygen atoms in total. The minimum Gasteiger partial charge on any atom is -0.444 e. The zero-order chi connectivity index (χ0) is 28.6. The average Bonchev–Trinajstić information content (AvgIpc) is 2.81. The normalized spacial score (nSPS) is 13.0. The van der Waals surface area contributed by atoms with Gasteiger partial charge < -0.3 is 20.3 Å². The Morgan fingerprint density at radius 1 is 1.03 bits per heavy atom. The topological polar surface area (TPSA) is 87.7 Å². The summed E-state index contributed by atoms with van der Waals surface area (Å²) in [6, 6.07) is 10.7. The highest BCUT2D eigenvalue weighted by molar-refractivity contribution is 7.98. The van der Waals surface area contributed by atoms with Gasteiger partial charge in [0.2, 0.25) is 5.91 Å². The van der Waals surface area contributed by atoms with Gasteiger partial charge in [0, 0.05) is 6.04 Å². The highest BCUT2D eigenvalue weighted by Gasteiger charge is 2.38. The first kappa shape index (κ1) is 31.5. The number of para-hydroxylation sites is 1. The number of hydrogen-bond donors (Lipinski definition) is 2. The number of nitrogens with zero attached hydrogens (tertiary/aromatic N) is 1. The lowest BCUT2D eigenvalue weighted by atomic mass is 9.96. The number of benzene rings is 2. The molecule has 2 unspecified atom stereocenters. The third kappa shape index (κ3) is 8.67. The Hall–Kier alpha value is -2.71. The van der Waals surface area contributed by atoms with E-state index in [0.717, 1.165) is 11.1 Å². The molecule has 0 aliphatic carbocycles. The van der Waals surface area contributed by atoms with Gasteiger partial charge in [-0.2, -0.15) is 11.8 Å². The van der Waals surface area contributed by atoms with E-state index in [1.807, 2.05) is 70.3 Å². The van der Waals surface area contributed by atoms with Crippen molar-refractivity contribution in [2.24, 2.45) is 0 Å². The van der Waals surface area contributed by atoms with E-state index in [4.69, 9.17) is 16.3 Å². The zero-order valence-corrected chi connectivity index (χ0v) is 25.1. The van der Waals surface area contributed by atoms with Crippen molar-refractivity contribution in [3.05, 3.63) is 64.2 Å². The number of aryl methyl sites for hydroxylation is 2. The number of anilines is 1. The molecule has 38 heavy (non-hydrogen) atoms. The fourth-order valence-electron chi connectivity index (χ4n) is 4.10. The zero-order valence-electron chi connectivity index (χ0n) is 23.6. The summed E-state index contributed by atoms with van der Waals surface area (Å²) in [4.78, 5) is 42.4. The van der Waals surface area contributed by atoms with Crippen LogP contribution in [0.2, 0.25) is 5.02 Å². The fourth-order valence-corrected chi connectivity index (χ4v) is 4.84. The molecule has 9 heteroatoms. The summed E-state index contributed by atoms with van der Waals surface area (Å²) in [5.41, 5.74) is 2.15. The predicted octanol–water partition coefficient (Wildman–Crippen LogP) is 6.52. The molecule has 0 spiro atoms. The van der Waals surface area contributed by atoms with Crippen molar-refractivity contribution in [2.75, 3.05) is 17.3 Å². The Balaban J connectivity index is 2.55. The number of alkyl carbamates (subject to hydrolysis) is 1. The molecule has 0 aliphatic heterocycles. The molecule has 3 amide bonds. The van der Waals surface area contributed by atoms with Crippen molar-refractivity contribution >= 4 is 47.0 Å². The van der Waals surface area contributed by atoms with E-state index < -0.39 is 29.7 Å². The minimum absolute atomic E-state index is 0.359. The van der Waals surface area contributed by atoms with E-state index in [-0.39, 0.29) is 11.9 Å². The van der Waals surface area contributed by atoms with Crippen molar-refractivity contribution < 1.29 is 19.1 Å².